The van der Waals surface area contributed by atoms with Crippen molar-refractivity contribution in [2.75, 3.05) is 6.61 Å². The largest absolute Gasteiger partial charge is 0.394 e. The molecule has 2 rings (SSSR count). The van der Waals surface area contributed by atoms with Gasteiger partial charge in [-0.2, -0.15) is 11.3 Å². The van der Waals surface area contributed by atoms with Crippen LogP contribution in [0.2, 0.25) is 0 Å². The summed E-state index contributed by atoms with van der Waals surface area (Å²) in [6, 6.07) is 1.77. The van der Waals surface area contributed by atoms with Crippen molar-refractivity contribution in [2.24, 2.45) is 5.92 Å². The second-order valence-corrected chi connectivity index (χ2v) is 5.57. The van der Waals surface area contributed by atoms with Gasteiger partial charge in [-0.25, -0.2) is 4.79 Å². The molecular formula is C12H18N2O2S. The minimum Gasteiger partial charge on any atom is -0.394 e. The molecule has 2 amide bonds. The summed E-state index contributed by atoms with van der Waals surface area (Å²) in [4.78, 5) is 11.7. The van der Waals surface area contributed by atoms with Gasteiger partial charge in [0, 0.05) is 6.54 Å². The number of hydrogen-bond acceptors (Lipinski definition) is 3. The van der Waals surface area contributed by atoms with Crippen LogP contribution in [0.15, 0.2) is 16.8 Å². The first-order valence-electron chi connectivity index (χ1n) is 5.82. The summed E-state index contributed by atoms with van der Waals surface area (Å²) in [6.45, 7) is 2.42. The Morgan fingerprint density at radius 2 is 2.41 bits per heavy atom. The van der Waals surface area contributed by atoms with Gasteiger partial charge in [0.1, 0.15) is 0 Å². The van der Waals surface area contributed by atoms with Gasteiger partial charge in [-0.15, -0.1) is 0 Å². The molecule has 1 heterocycles. The molecule has 3 N–H and O–H groups in total. The molecule has 1 fully saturated rings. The number of nitrogens with one attached hydrogen (secondary N) is 2. The highest BCUT2D eigenvalue weighted by Crippen LogP contribution is 2.39. The van der Waals surface area contributed by atoms with Crippen molar-refractivity contribution in [1.29, 1.82) is 0 Å². The lowest BCUT2D eigenvalue weighted by molar-refractivity contribution is 0.155. The summed E-state index contributed by atoms with van der Waals surface area (Å²) < 4.78 is 0. The average molecular weight is 254 g/mol. The molecular weight excluding hydrogens is 236 g/mol. The number of thiophene rings is 1. The Balaban J connectivity index is 1.80. The average Bonchev–Trinajstić information content (AvgIpc) is 3.05. The van der Waals surface area contributed by atoms with Gasteiger partial charge in [0.15, 0.2) is 0 Å². The minimum absolute atomic E-state index is 0.0104. The van der Waals surface area contributed by atoms with Crippen LogP contribution in [0.25, 0.3) is 0 Å². The fraction of sp³-hybridized carbons (Fsp3) is 0.583. The number of aliphatic hydroxyl groups excluding tert-OH is 1. The zero-order valence-corrected chi connectivity index (χ0v) is 10.7. The Bertz CT molecular complexity index is 376. The van der Waals surface area contributed by atoms with Crippen LogP contribution in [-0.4, -0.2) is 23.3 Å². The molecule has 1 unspecified atom stereocenters. The fourth-order valence-corrected chi connectivity index (χ4v) is 2.54. The monoisotopic (exact) mass is 254 g/mol. The van der Waals surface area contributed by atoms with Gasteiger partial charge >= 0.3 is 6.03 Å². The highest BCUT2D eigenvalue weighted by atomic mass is 32.1. The minimum atomic E-state index is -0.473. The van der Waals surface area contributed by atoms with Crippen molar-refractivity contribution >= 4 is 17.4 Å². The quantitative estimate of drug-likeness (QED) is 0.749. The van der Waals surface area contributed by atoms with Gasteiger partial charge in [0.05, 0.1) is 12.1 Å². The predicted molar refractivity (Wildman–Crippen MR) is 67.9 cm³/mol. The maximum Gasteiger partial charge on any atom is 0.315 e. The van der Waals surface area contributed by atoms with Crippen LogP contribution < -0.4 is 10.6 Å². The van der Waals surface area contributed by atoms with E-state index in [0.29, 0.717) is 12.5 Å². The summed E-state index contributed by atoms with van der Waals surface area (Å²) >= 11 is 1.61. The first-order chi connectivity index (χ1) is 8.14. The molecule has 0 radical (unpaired) electrons. The fourth-order valence-electron chi connectivity index (χ4n) is 1.87. The number of rotatable bonds is 5. The van der Waals surface area contributed by atoms with Crippen molar-refractivity contribution in [3.05, 3.63) is 22.4 Å². The summed E-state index contributed by atoms with van der Waals surface area (Å²) in [5, 5.41) is 19.0. The summed E-state index contributed by atoms with van der Waals surface area (Å²) in [5.41, 5.74) is 0.626. The van der Waals surface area contributed by atoms with Crippen LogP contribution in [0.3, 0.4) is 0 Å². The van der Waals surface area contributed by atoms with Crippen molar-refractivity contribution < 1.29 is 9.90 Å². The maximum atomic E-state index is 11.7. The topological polar surface area (TPSA) is 61.4 Å². The second kappa shape index (κ2) is 5.06. The molecule has 0 spiro atoms. The van der Waals surface area contributed by atoms with Crippen molar-refractivity contribution in [2.45, 2.75) is 31.8 Å². The third kappa shape index (κ3) is 3.20. The Labute approximate surface area is 105 Å². The smallest absolute Gasteiger partial charge is 0.315 e. The second-order valence-electron chi connectivity index (χ2n) is 4.79. The van der Waals surface area contributed by atoms with Crippen LogP contribution in [0.1, 0.15) is 25.3 Å². The molecule has 94 valence electrons. The molecule has 1 aliphatic carbocycles. The first kappa shape index (κ1) is 12.4. The van der Waals surface area contributed by atoms with Gasteiger partial charge in [-0.05, 0) is 48.1 Å². The van der Waals surface area contributed by atoms with E-state index in [9.17, 15) is 9.90 Å². The Kier molecular flexibility index (Phi) is 3.69. The normalized spacial score (nSPS) is 18.5. The maximum absolute atomic E-state index is 11.7. The lowest BCUT2D eigenvalue weighted by Gasteiger charge is -2.28. The molecule has 0 bridgehead atoms. The molecule has 5 heteroatoms. The number of urea groups is 1. The van der Waals surface area contributed by atoms with E-state index in [-0.39, 0.29) is 12.6 Å². The van der Waals surface area contributed by atoms with E-state index in [4.69, 9.17) is 0 Å². The zero-order valence-electron chi connectivity index (χ0n) is 9.90. The van der Waals surface area contributed by atoms with E-state index in [1.165, 1.54) is 0 Å². The molecule has 1 aliphatic rings. The van der Waals surface area contributed by atoms with E-state index in [0.717, 1.165) is 18.4 Å². The number of amides is 2. The molecule has 1 aromatic heterocycles. The van der Waals surface area contributed by atoms with E-state index in [2.05, 4.69) is 10.6 Å². The Morgan fingerprint density at radius 1 is 1.65 bits per heavy atom. The number of hydrogen-bond donors (Lipinski definition) is 3. The standard InChI is InChI=1S/C12H18N2O2S/c1-12(8-15,10-2-3-10)14-11(16)13-6-9-4-5-17-7-9/h4-5,7,10,15H,2-3,6,8H2,1H3,(H2,13,14,16). The van der Waals surface area contributed by atoms with Gasteiger partial charge in [-0.3, -0.25) is 0 Å². The van der Waals surface area contributed by atoms with Gasteiger partial charge in [-0.1, -0.05) is 0 Å². The molecule has 0 saturated heterocycles. The summed E-state index contributed by atoms with van der Waals surface area (Å²) in [6.07, 6.45) is 2.17. The third-order valence-electron chi connectivity index (χ3n) is 3.24. The third-order valence-corrected chi connectivity index (χ3v) is 3.97. The zero-order chi connectivity index (χ0) is 12.3. The molecule has 0 aliphatic heterocycles. The van der Waals surface area contributed by atoms with Gasteiger partial charge in [0.2, 0.25) is 0 Å². The van der Waals surface area contributed by atoms with Crippen LogP contribution in [0.5, 0.6) is 0 Å². The van der Waals surface area contributed by atoms with Gasteiger partial charge < -0.3 is 15.7 Å². The van der Waals surface area contributed by atoms with Crippen molar-refractivity contribution in [1.82, 2.24) is 10.6 Å². The Hall–Kier alpha value is -1.07. The lowest BCUT2D eigenvalue weighted by Crippen LogP contribution is -2.53. The summed E-state index contributed by atoms with van der Waals surface area (Å²) in [7, 11) is 0. The predicted octanol–water partition coefficient (Wildman–Crippen LogP) is 1.71. The highest BCUT2D eigenvalue weighted by Gasteiger charge is 2.42. The molecule has 1 aromatic rings. The van der Waals surface area contributed by atoms with E-state index < -0.39 is 5.54 Å². The number of aliphatic hydroxyl groups is 1. The first-order valence-corrected chi connectivity index (χ1v) is 6.76. The lowest BCUT2D eigenvalue weighted by atomic mass is 9.97. The highest BCUT2D eigenvalue weighted by molar-refractivity contribution is 7.07. The van der Waals surface area contributed by atoms with Crippen LogP contribution in [0, 0.1) is 5.92 Å². The van der Waals surface area contributed by atoms with Crippen molar-refractivity contribution in [3.8, 4) is 0 Å². The molecule has 4 nitrogen and oxygen atoms in total. The van der Waals surface area contributed by atoms with E-state index in [1.807, 2.05) is 23.8 Å². The number of carbonyl (C=O) groups excluding carboxylic acids is 1. The SMILES string of the molecule is CC(CO)(NC(=O)NCc1ccsc1)C1CC1. The van der Waals surface area contributed by atoms with Crippen LogP contribution in [0.4, 0.5) is 4.79 Å². The molecule has 0 aromatic carbocycles. The number of carbonyl (C=O) groups is 1. The van der Waals surface area contributed by atoms with E-state index in [1.54, 1.807) is 11.3 Å². The van der Waals surface area contributed by atoms with Gasteiger partial charge in [0.25, 0.3) is 0 Å². The van der Waals surface area contributed by atoms with E-state index >= 15 is 0 Å². The van der Waals surface area contributed by atoms with Crippen LogP contribution >= 0.6 is 11.3 Å². The molecule has 1 atom stereocenters. The molecule has 17 heavy (non-hydrogen) atoms. The Morgan fingerprint density at radius 3 is 2.94 bits per heavy atom. The summed E-state index contributed by atoms with van der Waals surface area (Å²) in [5.74, 6) is 0.416. The van der Waals surface area contributed by atoms with Crippen LogP contribution in [-0.2, 0) is 6.54 Å². The van der Waals surface area contributed by atoms with Crippen molar-refractivity contribution in [3.63, 3.8) is 0 Å². The molecule has 1 saturated carbocycles.